The highest BCUT2D eigenvalue weighted by Crippen LogP contribution is 2.27. The van der Waals surface area contributed by atoms with Crippen LogP contribution >= 0.6 is 0 Å². The van der Waals surface area contributed by atoms with E-state index in [0.29, 0.717) is 11.7 Å². The van der Waals surface area contributed by atoms with Crippen molar-refractivity contribution in [2.24, 2.45) is 5.73 Å². The predicted octanol–water partition coefficient (Wildman–Crippen LogP) is 3.30. The van der Waals surface area contributed by atoms with Crippen molar-refractivity contribution < 1.29 is 4.52 Å². The number of benzene rings is 2. The summed E-state index contributed by atoms with van der Waals surface area (Å²) in [5.41, 5.74) is 6.87. The predicted molar refractivity (Wildman–Crippen MR) is 74.5 cm³/mol. The monoisotopic (exact) mass is 253 g/mol. The van der Waals surface area contributed by atoms with Gasteiger partial charge in [0.25, 0.3) is 0 Å². The fourth-order valence-electron chi connectivity index (χ4n) is 2.09. The van der Waals surface area contributed by atoms with Crippen molar-refractivity contribution in [1.82, 2.24) is 10.1 Å². The van der Waals surface area contributed by atoms with Crippen LogP contribution in [-0.4, -0.2) is 10.1 Å². The van der Waals surface area contributed by atoms with Crippen LogP contribution in [0.5, 0.6) is 0 Å². The summed E-state index contributed by atoms with van der Waals surface area (Å²) in [6.07, 6.45) is 0.775. The van der Waals surface area contributed by atoms with E-state index in [0.717, 1.165) is 22.8 Å². The van der Waals surface area contributed by atoms with E-state index in [1.165, 1.54) is 0 Å². The molecule has 2 aromatic carbocycles. The second kappa shape index (κ2) is 4.82. The van der Waals surface area contributed by atoms with E-state index in [9.17, 15) is 0 Å². The zero-order chi connectivity index (χ0) is 13.2. The maximum Gasteiger partial charge on any atom is 0.243 e. The molecule has 96 valence electrons. The topological polar surface area (TPSA) is 64.9 Å². The lowest BCUT2D eigenvalue weighted by Gasteiger charge is -2.02. The molecule has 0 aliphatic rings. The summed E-state index contributed by atoms with van der Waals surface area (Å²) in [6.45, 7) is 1.99. The van der Waals surface area contributed by atoms with Crippen molar-refractivity contribution in [1.29, 1.82) is 0 Å². The van der Waals surface area contributed by atoms with Crippen molar-refractivity contribution in [3.8, 4) is 11.4 Å². The molecule has 2 N–H and O–H groups in total. The van der Waals surface area contributed by atoms with Crippen LogP contribution in [0.1, 0.15) is 25.3 Å². The fraction of sp³-hybridized carbons (Fsp3) is 0.200. The number of hydrogen-bond donors (Lipinski definition) is 1. The molecule has 19 heavy (non-hydrogen) atoms. The summed E-state index contributed by atoms with van der Waals surface area (Å²) in [4.78, 5) is 4.40. The van der Waals surface area contributed by atoms with E-state index in [2.05, 4.69) is 28.3 Å². The molecule has 0 spiro atoms. The van der Waals surface area contributed by atoms with Gasteiger partial charge in [-0.15, -0.1) is 0 Å². The molecule has 0 saturated carbocycles. The highest BCUT2D eigenvalue weighted by Gasteiger charge is 2.15. The van der Waals surface area contributed by atoms with Gasteiger partial charge in [-0.25, -0.2) is 0 Å². The second-order valence-corrected chi connectivity index (χ2v) is 4.50. The maximum atomic E-state index is 5.90. The molecule has 4 heteroatoms. The van der Waals surface area contributed by atoms with Gasteiger partial charge in [0.1, 0.15) is 0 Å². The van der Waals surface area contributed by atoms with Crippen molar-refractivity contribution in [2.75, 3.05) is 0 Å². The van der Waals surface area contributed by atoms with Crippen LogP contribution in [-0.2, 0) is 0 Å². The Kier molecular flexibility index (Phi) is 3.01. The molecule has 3 rings (SSSR count). The zero-order valence-electron chi connectivity index (χ0n) is 10.7. The van der Waals surface area contributed by atoms with Gasteiger partial charge in [-0.3, -0.25) is 0 Å². The zero-order valence-corrected chi connectivity index (χ0v) is 10.7. The molecule has 1 aromatic heterocycles. The minimum Gasteiger partial charge on any atom is -0.337 e. The van der Waals surface area contributed by atoms with Gasteiger partial charge in [-0.05, 0) is 17.2 Å². The minimum atomic E-state index is -0.198. The number of fused-ring (bicyclic) bond motifs is 1. The SMILES string of the molecule is CC[C@@H](N)c1nc(-c2cccc3ccccc23)no1. The summed E-state index contributed by atoms with van der Waals surface area (Å²) in [5, 5.41) is 6.31. The molecule has 0 radical (unpaired) electrons. The molecule has 0 amide bonds. The van der Waals surface area contributed by atoms with Crippen molar-refractivity contribution in [3.05, 3.63) is 48.4 Å². The lowest BCUT2D eigenvalue weighted by molar-refractivity contribution is 0.352. The molecule has 3 aromatic rings. The molecular weight excluding hydrogens is 238 g/mol. The van der Waals surface area contributed by atoms with E-state index in [4.69, 9.17) is 10.3 Å². The Hall–Kier alpha value is -2.20. The summed E-state index contributed by atoms with van der Waals surface area (Å²) < 4.78 is 5.23. The number of hydrogen-bond acceptors (Lipinski definition) is 4. The highest BCUT2D eigenvalue weighted by atomic mass is 16.5. The summed E-state index contributed by atoms with van der Waals surface area (Å²) >= 11 is 0. The minimum absolute atomic E-state index is 0.198. The van der Waals surface area contributed by atoms with Crippen LogP contribution in [0, 0.1) is 0 Å². The van der Waals surface area contributed by atoms with Crippen LogP contribution < -0.4 is 5.73 Å². The largest absolute Gasteiger partial charge is 0.337 e. The molecule has 0 fully saturated rings. The Morgan fingerprint density at radius 2 is 1.95 bits per heavy atom. The van der Waals surface area contributed by atoms with E-state index in [1.54, 1.807) is 0 Å². The normalized spacial score (nSPS) is 12.7. The third-order valence-corrected chi connectivity index (χ3v) is 3.23. The fourth-order valence-corrected chi connectivity index (χ4v) is 2.09. The molecule has 1 atom stereocenters. The molecule has 0 bridgehead atoms. The van der Waals surface area contributed by atoms with Gasteiger partial charge in [-0.2, -0.15) is 4.98 Å². The maximum absolute atomic E-state index is 5.90. The number of nitrogens with zero attached hydrogens (tertiary/aromatic N) is 2. The van der Waals surface area contributed by atoms with Crippen molar-refractivity contribution in [3.63, 3.8) is 0 Å². The van der Waals surface area contributed by atoms with Gasteiger partial charge in [0.15, 0.2) is 0 Å². The third kappa shape index (κ3) is 2.11. The van der Waals surface area contributed by atoms with Crippen LogP contribution in [0.4, 0.5) is 0 Å². The van der Waals surface area contributed by atoms with Gasteiger partial charge < -0.3 is 10.3 Å². The van der Waals surface area contributed by atoms with Gasteiger partial charge in [0.2, 0.25) is 11.7 Å². The van der Waals surface area contributed by atoms with E-state index >= 15 is 0 Å². The van der Waals surface area contributed by atoms with E-state index in [1.807, 2.05) is 31.2 Å². The second-order valence-electron chi connectivity index (χ2n) is 4.50. The highest BCUT2D eigenvalue weighted by molar-refractivity contribution is 5.94. The summed E-state index contributed by atoms with van der Waals surface area (Å²) in [6, 6.07) is 14.0. The van der Waals surface area contributed by atoms with Gasteiger partial charge in [0.05, 0.1) is 6.04 Å². The average molecular weight is 253 g/mol. The first-order chi connectivity index (χ1) is 9.29. The van der Waals surface area contributed by atoms with E-state index < -0.39 is 0 Å². The Balaban J connectivity index is 2.12. The van der Waals surface area contributed by atoms with E-state index in [-0.39, 0.29) is 6.04 Å². The lowest BCUT2D eigenvalue weighted by atomic mass is 10.0. The quantitative estimate of drug-likeness (QED) is 0.777. The number of nitrogens with two attached hydrogens (primary N) is 1. The lowest BCUT2D eigenvalue weighted by Crippen LogP contribution is -2.08. The number of aromatic nitrogens is 2. The average Bonchev–Trinajstić information content (AvgIpc) is 2.95. The molecule has 0 aliphatic heterocycles. The molecule has 1 heterocycles. The van der Waals surface area contributed by atoms with Crippen LogP contribution in [0.3, 0.4) is 0 Å². The Labute approximate surface area is 111 Å². The van der Waals surface area contributed by atoms with Crippen LogP contribution in [0.25, 0.3) is 22.2 Å². The summed E-state index contributed by atoms with van der Waals surface area (Å²) in [7, 11) is 0. The third-order valence-electron chi connectivity index (χ3n) is 3.23. The van der Waals surface area contributed by atoms with Crippen molar-refractivity contribution >= 4 is 10.8 Å². The molecule has 0 saturated heterocycles. The van der Waals surface area contributed by atoms with Gasteiger partial charge >= 0.3 is 0 Å². The van der Waals surface area contributed by atoms with Crippen molar-refractivity contribution in [2.45, 2.75) is 19.4 Å². The number of rotatable bonds is 3. The van der Waals surface area contributed by atoms with Crippen LogP contribution in [0.2, 0.25) is 0 Å². The first-order valence-electron chi connectivity index (χ1n) is 6.37. The molecule has 0 unspecified atom stereocenters. The first-order valence-corrected chi connectivity index (χ1v) is 6.37. The molecule has 0 aliphatic carbocycles. The molecular formula is C15H15N3O. The Morgan fingerprint density at radius 1 is 1.16 bits per heavy atom. The van der Waals surface area contributed by atoms with Gasteiger partial charge in [-0.1, -0.05) is 54.5 Å². The smallest absolute Gasteiger partial charge is 0.243 e. The summed E-state index contributed by atoms with van der Waals surface area (Å²) in [5.74, 6) is 1.08. The van der Waals surface area contributed by atoms with Gasteiger partial charge in [0, 0.05) is 5.56 Å². The first kappa shape index (κ1) is 11.9. The molecule has 4 nitrogen and oxygen atoms in total. The standard InChI is InChI=1S/C15H15N3O/c1-2-13(16)15-17-14(18-19-15)12-9-5-7-10-6-3-4-8-11(10)12/h3-9,13H,2,16H2,1H3/t13-/m1/s1. The van der Waals surface area contributed by atoms with Crippen LogP contribution in [0.15, 0.2) is 47.0 Å². The Morgan fingerprint density at radius 3 is 2.79 bits per heavy atom. The Bertz CT molecular complexity index is 700.